The molecule has 3 nitrogen and oxygen atoms in total. The Kier molecular flexibility index (Phi) is 4.00. The molecule has 0 amide bonds. The number of nitrogens with zero attached hydrogens (tertiary/aromatic N) is 2. The minimum atomic E-state index is 0.831. The highest BCUT2D eigenvalue weighted by Gasteiger charge is 2.32. The van der Waals surface area contributed by atoms with Gasteiger partial charge in [0.25, 0.3) is 0 Å². The van der Waals surface area contributed by atoms with Crippen LogP contribution in [0.15, 0.2) is 0 Å². The largest absolute Gasteiger partial charge is 0.318 e. The van der Waals surface area contributed by atoms with Gasteiger partial charge in [0.2, 0.25) is 0 Å². The summed E-state index contributed by atoms with van der Waals surface area (Å²) in [5, 5.41) is 3.23. The van der Waals surface area contributed by atoms with Gasteiger partial charge in [0.1, 0.15) is 0 Å². The van der Waals surface area contributed by atoms with Crippen LogP contribution in [0, 0.1) is 0 Å². The van der Waals surface area contributed by atoms with Gasteiger partial charge in [-0.25, -0.2) is 0 Å². The van der Waals surface area contributed by atoms with Crippen LogP contribution in [0.1, 0.15) is 25.7 Å². The summed E-state index contributed by atoms with van der Waals surface area (Å²) < 4.78 is 0. The summed E-state index contributed by atoms with van der Waals surface area (Å²) in [5.41, 5.74) is 0. The molecule has 2 aliphatic rings. The van der Waals surface area contributed by atoms with E-state index in [0.717, 1.165) is 18.6 Å². The van der Waals surface area contributed by atoms with E-state index in [-0.39, 0.29) is 0 Å². The summed E-state index contributed by atoms with van der Waals surface area (Å²) in [4.78, 5) is 5.24. The lowest BCUT2D eigenvalue weighted by Gasteiger charge is -2.39. The average molecular weight is 211 g/mol. The first-order valence-corrected chi connectivity index (χ1v) is 6.40. The number of nitrogens with one attached hydrogen (secondary N) is 1. The zero-order chi connectivity index (χ0) is 10.7. The van der Waals surface area contributed by atoms with E-state index in [2.05, 4.69) is 22.2 Å². The fraction of sp³-hybridized carbons (Fsp3) is 1.00. The fourth-order valence-corrected chi connectivity index (χ4v) is 3.07. The van der Waals surface area contributed by atoms with E-state index in [1.807, 2.05) is 7.05 Å². The second-order valence-electron chi connectivity index (χ2n) is 5.09. The Hall–Kier alpha value is -0.120. The maximum absolute atomic E-state index is 3.23. The molecule has 2 unspecified atom stereocenters. The molecule has 2 heterocycles. The lowest BCUT2D eigenvalue weighted by atomic mass is 9.96. The monoisotopic (exact) mass is 211 g/mol. The van der Waals surface area contributed by atoms with Crippen molar-refractivity contribution >= 4 is 0 Å². The number of fused-ring (bicyclic) bond motifs is 1. The molecule has 0 spiro atoms. The molecule has 88 valence electrons. The van der Waals surface area contributed by atoms with Gasteiger partial charge in [-0.2, -0.15) is 0 Å². The van der Waals surface area contributed by atoms with Crippen molar-refractivity contribution in [2.24, 2.45) is 0 Å². The van der Waals surface area contributed by atoms with E-state index in [0.29, 0.717) is 0 Å². The van der Waals surface area contributed by atoms with Gasteiger partial charge in [-0.15, -0.1) is 0 Å². The Morgan fingerprint density at radius 3 is 3.00 bits per heavy atom. The second kappa shape index (κ2) is 5.28. The highest BCUT2D eigenvalue weighted by Crippen LogP contribution is 2.28. The van der Waals surface area contributed by atoms with Gasteiger partial charge in [-0.3, -0.25) is 0 Å². The molecule has 0 aromatic heterocycles. The number of likely N-dealkylation sites (N-methyl/N-ethyl adjacent to an activating group) is 2. The van der Waals surface area contributed by atoms with Crippen molar-refractivity contribution in [1.82, 2.24) is 15.1 Å². The molecule has 2 rings (SSSR count). The van der Waals surface area contributed by atoms with Gasteiger partial charge < -0.3 is 15.1 Å². The molecule has 0 aromatic rings. The van der Waals surface area contributed by atoms with Crippen LogP contribution < -0.4 is 5.32 Å². The van der Waals surface area contributed by atoms with Crippen molar-refractivity contribution in [2.75, 3.05) is 40.3 Å². The van der Waals surface area contributed by atoms with Crippen LogP contribution in [0.2, 0.25) is 0 Å². The fourth-order valence-electron chi connectivity index (χ4n) is 3.07. The van der Waals surface area contributed by atoms with E-state index in [1.54, 1.807) is 0 Å². The minimum Gasteiger partial charge on any atom is -0.318 e. The maximum Gasteiger partial charge on any atom is 0.0120 e. The molecule has 1 N–H and O–H groups in total. The Labute approximate surface area is 93.8 Å². The van der Waals surface area contributed by atoms with Crippen LogP contribution in [0.3, 0.4) is 0 Å². The smallest absolute Gasteiger partial charge is 0.0120 e. The molecule has 0 aromatic carbocycles. The standard InChI is InChI=1S/C12H25N3/c1-13-6-9-14(2)11-5-8-15-7-3-4-12(15)10-11/h11-13H,3-10H2,1-2H3. The van der Waals surface area contributed by atoms with Crippen LogP contribution >= 0.6 is 0 Å². The predicted molar refractivity (Wildman–Crippen MR) is 64.2 cm³/mol. The topological polar surface area (TPSA) is 18.5 Å². The quantitative estimate of drug-likeness (QED) is 0.741. The normalized spacial score (nSPS) is 32.2. The number of piperidine rings is 1. The van der Waals surface area contributed by atoms with Crippen LogP contribution in [0.5, 0.6) is 0 Å². The van der Waals surface area contributed by atoms with Gasteiger partial charge in [0.05, 0.1) is 0 Å². The zero-order valence-electron chi connectivity index (χ0n) is 10.2. The van der Waals surface area contributed by atoms with Crippen LogP contribution in [0.4, 0.5) is 0 Å². The van der Waals surface area contributed by atoms with Crippen molar-refractivity contribution < 1.29 is 0 Å². The van der Waals surface area contributed by atoms with E-state index in [9.17, 15) is 0 Å². The number of hydrogen-bond acceptors (Lipinski definition) is 3. The molecule has 2 atom stereocenters. The van der Waals surface area contributed by atoms with Crippen LogP contribution in [-0.4, -0.2) is 62.2 Å². The number of rotatable bonds is 4. The number of hydrogen-bond donors (Lipinski definition) is 1. The summed E-state index contributed by atoms with van der Waals surface area (Å²) in [6, 6.07) is 1.73. The van der Waals surface area contributed by atoms with Gasteiger partial charge in [0.15, 0.2) is 0 Å². The molecule has 15 heavy (non-hydrogen) atoms. The van der Waals surface area contributed by atoms with Crippen molar-refractivity contribution in [2.45, 2.75) is 37.8 Å². The Morgan fingerprint density at radius 1 is 1.33 bits per heavy atom. The first kappa shape index (κ1) is 11.4. The second-order valence-corrected chi connectivity index (χ2v) is 5.09. The Morgan fingerprint density at radius 2 is 2.20 bits per heavy atom. The lowest BCUT2D eigenvalue weighted by molar-refractivity contribution is 0.105. The molecular formula is C12H25N3. The molecule has 0 bridgehead atoms. The lowest BCUT2D eigenvalue weighted by Crippen LogP contribution is -2.47. The molecular weight excluding hydrogens is 186 g/mol. The highest BCUT2D eigenvalue weighted by atomic mass is 15.2. The maximum atomic E-state index is 3.23. The third-order valence-electron chi connectivity index (χ3n) is 4.13. The first-order chi connectivity index (χ1) is 7.31. The van der Waals surface area contributed by atoms with E-state index >= 15 is 0 Å². The van der Waals surface area contributed by atoms with Crippen molar-refractivity contribution in [3.63, 3.8) is 0 Å². The van der Waals surface area contributed by atoms with E-state index in [1.165, 1.54) is 45.3 Å². The Balaban J connectivity index is 1.78. The molecule has 0 saturated carbocycles. The summed E-state index contributed by atoms with van der Waals surface area (Å²) in [6.45, 7) is 4.99. The average Bonchev–Trinajstić information content (AvgIpc) is 2.72. The summed E-state index contributed by atoms with van der Waals surface area (Å²) in [5.74, 6) is 0. The van der Waals surface area contributed by atoms with Gasteiger partial charge >= 0.3 is 0 Å². The molecule has 2 aliphatic heterocycles. The van der Waals surface area contributed by atoms with Gasteiger partial charge in [0, 0.05) is 25.2 Å². The highest BCUT2D eigenvalue weighted by molar-refractivity contribution is 4.89. The molecule has 2 fully saturated rings. The molecule has 0 aliphatic carbocycles. The molecule has 0 radical (unpaired) electrons. The summed E-state index contributed by atoms with van der Waals surface area (Å²) >= 11 is 0. The van der Waals surface area contributed by atoms with Crippen LogP contribution in [-0.2, 0) is 0 Å². The zero-order valence-corrected chi connectivity index (χ0v) is 10.2. The van der Waals surface area contributed by atoms with Crippen molar-refractivity contribution in [3.05, 3.63) is 0 Å². The van der Waals surface area contributed by atoms with Crippen molar-refractivity contribution in [1.29, 1.82) is 0 Å². The van der Waals surface area contributed by atoms with Gasteiger partial charge in [-0.1, -0.05) is 0 Å². The molecule has 3 heteroatoms. The first-order valence-electron chi connectivity index (χ1n) is 6.40. The Bertz CT molecular complexity index is 195. The third kappa shape index (κ3) is 2.71. The predicted octanol–water partition coefficient (Wildman–Crippen LogP) is 0.764. The minimum absolute atomic E-state index is 0.831. The van der Waals surface area contributed by atoms with Crippen molar-refractivity contribution in [3.8, 4) is 0 Å². The summed E-state index contributed by atoms with van der Waals surface area (Å²) in [6.07, 6.45) is 5.64. The van der Waals surface area contributed by atoms with E-state index < -0.39 is 0 Å². The van der Waals surface area contributed by atoms with Crippen LogP contribution in [0.25, 0.3) is 0 Å². The van der Waals surface area contributed by atoms with E-state index in [4.69, 9.17) is 0 Å². The van der Waals surface area contributed by atoms with Gasteiger partial charge in [-0.05, 0) is 52.9 Å². The molecule has 2 saturated heterocycles. The SMILES string of the molecule is CNCCN(C)C1CCN2CCCC2C1. The summed E-state index contributed by atoms with van der Waals surface area (Å²) in [7, 11) is 4.32. The third-order valence-corrected chi connectivity index (χ3v) is 4.13.